The van der Waals surface area contributed by atoms with Gasteiger partial charge in [-0.1, -0.05) is 42.5 Å². The van der Waals surface area contributed by atoms with Crippen molar-refractivity contribution in [1.82, 2.24) is 4.90 Å². The second kappa shape index (κ2) is 10.2. The summed E-state index contributed by atoms with van der Waals surface area (Å²) in [7, 11) is 0. The molecule has 0 unspecified atom stereocenters. The molecule has 1 aliphatic rings. The summed E-state index contributed by atoms with van der Waals surface area (Å²) >= 11 is 0. The van der Waals surface area contributed by atoms with Crippen molar-refractivity contribution in [2.45, 2.75) is 45.1 Å². The summed E-state index contributed by atoms with van der Waals surface area (Å²) < 4.78 is 11.4. The number of rotatable bonds is 5. The molecule has 1 heterocycles. The van der Waals surface area contributed by atoms with Crippen LogP contribution in [0.1, 0.15) is 55.5 Å². The van der Waals surface area contributed by atoms with Crippen molar-refractivity contribution in [3.63, 3.8) is 0 Å². The van der Waals surface area contributed by atoms with E-state index in [2.05, 4.69) is 6.07 Å². The SMILES string of the molecule is CC(C)(C)OC(=O)N1CCC(c2ccc(C(N)=O)c(-c3ccc(Oc4ccccc4)cc3)c2)CC1. The fraction of sp³-hybridized carbons (Fsp3) is 0.310. The van der Waals surface area contributed by atoms with Crippen LogP contribution in [0.4, 0.5) is 4.79 Å². The van der Waals surface area contributed by atoms with Crippen molar-refractivity contribution in [1.29, 1.82) is 0 Å². The number of ether oxygens (including phenoxy) is 2. The standard InChI is InChI=1S/C29H32N2O4/c1-29(2,3)35-28(33)31-17-15-20(16-18-31)22-11-14-25(27(30)32)26(19-22)21-9-12-24(13-10-21)34-23-7-5-4-6-8-23/h4-14,19-20H,15-18H2,1-3H3,(H2,30,32). The van der Waals surface area contributed by atoms with Crippen LogP contribution in [-0.4, -0.2) is 35.6 Å². The van der Waals surface area contributed by atoms with Gasteiger partial charge in [0.2, 0.25) is 5.91 Å². The van der Waals surface area contributed by atoms with Gasteiger partial charge in [0.05, 0.1) is 0 Å². The molecule has 1 aliphatic heterocycles. The van der Waals surface area contributed by atoms with Crippen LogP contribution in [0.25, 0.3) is 11.1 Å². The number of likely N-dealkylation sites (tertiary alicyclic amines) is 1. The zero-order valence-corrected chi connectivity index (χ0v) is 20.5. The first kappa shape index (κ1) is 24.3. The molecule has 0 spiro atoms. The maximum atomic E-state index is 12.4. The molecule has 35 heavy (non-hydrogen) atoms. The van der Waals surface area contributed by atoms with E-state index < -0.39 is 11.5 Å². The Morgan fingerprint density at radius 2 is 1.51 bits per heavy atom. The molecule has 0 radical (unpaired) electrons. The average molecular weight is 473 g/mol. The lowest BCUT2D eigenvalue weighted by Crippen LogP contribution is -2.41. The Morgan fingerprint density at radius 3 is 2.11 bits per heavy atom. The smallest absolute Gasteiger partial charge is 0.410 e. The summed E-state index contributed by atoms with van der Waals surface area (Å²) in [6.45, 7) is 6.90. The first-order valence-electron chi connectivity index (χ1n) is 11.9. The molecule has 3 aromatic carbocycles. The van der Waals surface area contributed by atoms with E-state index in [0.29, 0.717) is 24.4 Å². The molecule has 6 heteroatoms. The minimum Gasteiger partial charge on any atom is -0.457 e. The predicted octanol–water partition coefficient (Wildman–Crippen LogP) is 6.36. The third-order valence-electron chi connectivity index (χ3n) is 6.07. The van der Waals surface area contributed by atoms with Crippen molar-refractivity contribution in [2.24, 2.45) is 5.73 Å². The van der Waals surface area contributed by atoms with Crippen LogP contribution >= 0.6 is 0 Å². The molecule has 0 saturated carbocycles. The average Bonchev–Trinajstić information content (AvgIpc) is 2.84. The van der Waals surface area contributed by atoms with E-state index in [1.807, 2.05) is 87.5 Å². The van der Waals surface area contributed by atoms with E-state index in [-0.39, 0.29) is 12.0 Å². The number of nitrogens with zero attached hydrogens (tertiary/aromatic N) is 1. The van der Waals surface area contributed by atoms with Crippen LogP contribution in [0.3, 0.4) is 0 Å². The molecule has 182 valence electrons. The second-order valence-corrected chi connectivity index (χ2v) is 9.85. The van der Waals surface area contributed by atoms with Gasteiger partial charge >= 0.3 is 6.09 Å². The highest BCUT2D eigenvalue weighted by Crippen LogP contribution is 2.34. The molecule has 1 saturated heterocycles. The van der Waals surface area contributed by atoms with Crippen molar-refractivity contribution in [3.8, 4) is 22.6 Å². The first-order chi connectivity index (χ1) is 16.7. The van der Waals surface area contributed by atoms with Gasteiger partial charge in [0.1, 0.15) is 17.1 Å². The molecule has 4 rings (SSSR count). The van der Waals surface area contributed by atoms with E-state index in [9.17, 15) is 9.59 Å². The van der Waals surface area contributed by atoms with Crippen molar-refractivity contribution >= 4 is 12.0 Å². The molecule has 2 N–H and O–H groups in total. The normalized spacial score (nSPS) is 14.4. The highest BCUT2D eigenvalue weighted by molar-refractivity contribution is 6.00. The van der Waals surface area contributed by atoms with Crippen LogP contribution < -0.4 is 10.5 Å². The third-order valence-corrected chi connectivity index (χ3v) is 6.07. The van der Waals surface area contributed by atoms with Crippen molar-refractivity contribution < 1.29 is 19.1 Å². The summed E-state index contributed by atoms with van der Waals surface area (Å²) in [6, 6.07) is 23.1. The van der Waals surface area contributed by atoms with Crippen LogP contribution in [0.5, 0.6) is 11.5 Å². The molecule has 0 aliphatic carbocycles. The summed E-state index contributed by atoms with van der Waals surface area (Å²) in [6.07, 6.45) is 1.40. The van der Waals surface area contributed by atoms with E-state index in [0.717, 1.165) is 35.3 Å². The van der Waals surface area contributed by atoms with Gasteiger partial charge in [0.15, 0.2) is 0 Å². The Bertz CT molecular complexity index is 1180. The van der Waals surface area contributed by atoms with Crippen LogP contribution in [0.2, 0.25) is 0 Å². The number of hydrogen-bond acceptors (Lipinski definition) is 4. The fourth-order valence-corrected chi connectivity index (χ4v) is 4.32. The van der Waals surface area contributed by atoms with E-state index >= 15 is 0 Å². The minimum absolute atomic E-state index is 0.265. The van der Waals surface area contributed by atoms with Gasteiger partial charge in [0, 0.05) is 18.7 Å². The zero-order valence-electron chi connectivity index (χ0n) is 20.5. The van der Waals surface area contributed by atoms with Gasteiger partial charge in [-0.2, -0.15) is 0 Å². The topological polar surface area (TPSA) is 81.9 Å². The maximum absolute atomic E-state index is 12.4. The number of carbonyl (C=O) groups is 2. The van der Waals surface area contributed by atoms with Gasteiger partial charge in [-0.25, -0.2) is 4.79 Å². The first-order valence-corrected chi connectivity index (χ1v) is 11.9. The predicted molar refractivity (Wildman–Crippen MR) is 137 cm³/mol. The molecule has 0 atom stereocenters. The summed E-state index contributed by atoms with van der Waals surface area (Å²) in [4.78, 5) is 26.3. The third kappa shape index (κ3) is 6.21. The molecule has 0 aromatic heterocycles. The summed E-state index contributed by atoms with van der Waals surface area (Å²) in [5, 5.41) is 0. The molecule has 6 nitrogen and oxygen atoms in total. The monoisotopic (exact) mass is 472 g/mol. The Kier molecular flexibility index (Phi) is 7.10. The highest BCUT2D eigenvalue weighted by Gasteiger charge is 2.28. The lowest BCUT2D eigenvalue weighted by Gasteiger charge is -2.33. The van der Waals surface area contributed by atoms with Gasteiger partial charge in [0.25, 0.3) is 0 Å². The summed E-state index contributed by atoms with van der Waals surface area (Å²) in [5.41, 5.74) is 8.51. The largest absolute Gasteiger partial charge is 0.457 e. The maximum Gasteiger partial charge on any atom is 0.410 e. The van der Waals surface area contributed by atoms with Crippen LogP contribution in [-0.2, 0) is 4.74 Å². The van der Waals surface area contributed by atoms with Gasteiger partial charge < -0.3 is 20.1 Å². The number of hydrogen-bond donors (Lipinski definition) is 1. The number of primary amides is 1. The van der Waals surface area contributed by atoms with E-state index in [1.165, 1.54) is 0 Å². The second-order valence-electron chi connectivity index (χ2n) is 9.85. The molecular weight excluding hydrogens is 440 g/mol. The quantitative estimate of drug-likeness (QED) is 0.468. The Morgan fingerprint density at radius 1 is 0.886 bits per heavy atom. The van der Waals surface area contributed by atoms with Crippen molar-refractivity contribution in [3.05, 3.63) is 83.9 Å². The van der Waals surface area contributed by atoms with Crippen LogP contribution in [0.15, 0.2) is 72.8 Å². The van der Waals surface area contributed by atoms with Gasteiger partial charge in [-0.05, 0) is 86.6 Å². The molecule has 1 fully saturated rings. The van der Waals surface area contributed by atoms with E-state index in [4.69, 9.17) is 15.2 Å². The lowest BCUT2D eigenvalue weighted by atomic mass is 9.86. The number of carbonyl (C=O) groups excluding carboxylic acids is 2. The van der Waals surface area contributed by atoms with E-state index in [1.54, 1.807) is 4.90 Å². The number of nitrogens with two attached hydrogens (primary N) is 1. The van der Waals surface area contributed by atoms with Crippen molar-refractivity contribution in [2.75, 3.05) is 13.1 Å². The Balaban J connectivity index is 1.51. The van der Waals surface area contributed by atoms with Crippen LogP contribution in [0, 0.1) is 0 Å². The minimum atomic E-state index is -0.505. The Labute approximate surface area is 206 Å². The fourth-order valence-electron chi connectivity index (χ4n) is 4.32. The van der Waals surface area contributed by atoms with Gasteiger partial charge in [-0.3, -0.25) is 4.79 Å². The molecule has 2 amide bonds. The summed E-state index contributed by atoms with van der Waals surface area (Å²) in [5.74, 6) is 1.30. The number of para-hydroxylation sites is 1. The zero-order chi connectivity index (χ0) is 25.0. The van der Waals surface area contributed by atoms with Gasteiger partial charge in [-0.15, -0.1) is 0 Å². The molecule has 3 aromatic rings. The lowest BCUT2D eigenvalue weighted by molar-refractivity contribution is 0.0204. The number of piperidine rings is 1. The molecular formula is C29H32N2O4. The number of amides is 2. The Hall–Kier alpha value is -3.80. The molecule has 0 bridgehead atoms. The number of benzene rings is 3. The highest BCUT2D eigenvalue weighted by atomic mass is 16.6.